The van der Waals surface area contributed by atoms with Crippen LogP contribution in [0.25, 0.3) is 5.65 Å². The van der Waals surface area contributed by atoms with E-state index in [1.165, 1.54) is 0 Å². The van der Waals surface area contributed by atoms with Gasteiger partial charge < -0.3 is 15.3 Å². The Kier molecular flexibility index (Phi) is 5.65. The highest BCUT2D eigenvalue weighted by atomic mass is 19.1. The van der Waals surface area contributed by atoms with Crippen molar-refractivity contribution in [2.24, 2.45) is 0 Å². The molecule has 2 aliphatic heterocycles. The Bertz CT molecular complexity index is 1110. The van der Waals surface area contributed by atoms with E-state index in [0.717, 1.165) is 38.0 Å². The number of benzene rings is 1. The van der Waals surface area contributed by atoms with E-state index in [0.29, 0.717) is 36.5 Å². The van der Waals surface area contributed by atoms with E-state index < -0.39 is 6.17 Å². The van der Waals surface area contributed by atoms with E-state index in [1.54, 1.807) is 29.0 Å². The van der Waals surface area contributed by atoms with Crippen LogP contribution in [0, 0.1) is 0 Å². The number of likely N-dealkylation sites (tertiary alicyclic amines) is 1. The predicted molar refractivity (Wildman–Crippen MR) is 119 cm³/mol. The number of piperidine rings is 1. The lowest BCUT2D eigenvalue weighted by Crippen LogP contribution is -2.44. The second kappa shape index (κ2) is 8.74. The summed E-state index contributed by atoms with van der Waals surface area (Å²) in [6, 6.07) is 9.22. The Hall–Kier alpha value is -3.20. The second-order valence-electron chi connectivity index (χ2n) is 8.64. The number of aromatic nitrogens is 3. The van der Waals surface area contributed by atoms with Gasteiger partial charge in [-0.25, -0.2) is 13.9 Å². The lowest BCUT2D eigenvalue weighted by molar-refractivity contribution is 0.0910. The number of carbonyl (C=O) groups is 1. The topological polar surface area (TPSA) is 86.0 Å². The zero-order valence-electron chi connectivity index (χ0n) is 17.8. The van der Waals surface area contributed by atoms with Crippen LogP contribution < -0.4 is 10.2 Å². The third-order valence-electron chi connectivity index (χ3n) is 6.29. The molecule has 1 atom stereocenters. The minimum Gasteiger partial charge on any atom is -0.508 e. The van der Waals surface area contributed by atoms with Gasteiger partial charge in [-0.05, 0) is 43.0 Å². The Morgan fingerprint density at radius 1 is 1.19 bits per heavy atom. The first-order valence-electron chi connectivity index (χ1n) is 11.1. The van der Waals surface area contributed by atoms with Crippen molar-refractivity contribution in [2.45, 2.75) is 38.0 Å². The van der Waals surface area contributed by atoms with E-state index in [2.05, 4.69) is 20.3 Å². The molecule has 2 N–H and O–H groups in total. The van der Waals surface area contributed by atoms with E-state index in [9.17, 15) is 14.3 Å². The van der Waals surface area contributed by atoms with Gasteiger partial charge in [-0.3, -0.25) is 9.69 Å². The van der Waals surface area contributed by atoms with Crippen LogP contribution in [0.1, 0.15) is 35.2 Å². The maximum Gasteiger partial charge on any atom is 0.256 e. The maximum atomic E-state index is 13.6. The van der Waals surface area contributed by atoms with Crippen LogP contribution in [0.15, 0.2) is 42.7 Å². The van der Waals surface area contributed by atoms with Crippen molar-refractivity contribution < 1.29 is 14.3 Å². The lowest BCUT2D eigenvalue weighted by atomic mass is 10.0. The first kappa shape index (κ1) is 20.7. The molecule has 2 fully saturated rings. The molecule has 2 saturated heterocycles. The number of anilines is 1. The number of nitrogens with one attached hydrogen (secondary N) is 1. The van der Waals surface area contributed by atoms with E-state index in [1.807, 2.05) is 23.1 Å². The largest absolute Gasteiger partial charge is 0.508 e. The van der Waals surface area contributed by atoms with Crippen LogP contribution in [-0.4, -0.2) is 68.9 Å². The molecule has 0 aliphatic carbocycles. The molecule has 0 saturated carbocycles. The van der Waals surface area contributed by atoms with Crippen LogP contribution in [0.3, 0.4) is 0 Å². The normalized spacial score (nSPS) is 20.2. The fourth-order valence-electron chi connectivity index (χ4n) is 4.53. The van der Waals surface area contributed by atoms with Crippen molar-refractivity contribution in [1.82, 2.24) is 24.8 Å². The molecule has 5 rings (SSSR count). The van der Waals surface area contributed by atoms with Gasteiger partial charge in [-0.1, -0.05) is 12.1 Å². The number of amides is 1. The van der Waals surface area contributed by atoms with Crippen LogP contribution in [-0.2, 0) is 6.54 Å². The highest BCUT2D eigenvalue weighted by molar-refractivity contribution is 5.99. The Morgan fingerprint density at radius 2 is 2.03 bits per heavy atom. The quantitative estimate of drug-likeness (QED) is 0.636. The van der Waals surface area contributed by atoms with Crippen LogP contribution in [0.4, 0.5) is 10.2 Å². The number of halogens is 1. The minimum absolute atomic E-state index is 0.0898. The number of aromatic hydroxyl groups is 1. The molecule has 3 aromatic rings. The highest BCUT2D eigenvalue weighted by Crippen LogP contribution is 2.22. The lowest BCUT2D eigenvalue weighted by Gasteiger charge is -2.32. The van der Waals surface area contributed by atoms with Crippen LogP contribution >= 0.6 is 0 Å². The molecule has 168 valence electrons. The van der Waals surface area contributed by atoms with Crippen molar-refractivity contribution in [3.05, 3.63) is 53.9 Å². The van der Waals surface area contributed by atoms with Gasteiger partial charge >= 0.3 is 0 Å². The Labute approximate surface area is 185 Å². The average molecular weight is 439 g/mol. The molecule has 1 amide bonds. The number of carbonyl (C=O) groups excluding carboxylic acids is 1. The third-order valence-corrected chi connectivity index (χ3v) is 6.29. The standard InChI is InChI=1S/C23H27FN6O2/c24-17-4-10-29(15-17)21-7-11-30-22(27-21)20(13-25-30)23(32)26-18-5-8-28(9-6-18)14-16-2-1-3-19(31)12-16/h1-3,7,11-13,17-18,31H,4-6,8-10,14-15H2,(H,26,32). The summed E-state index contributed by atoms with van der Waals surface area (Å²) in [5.41, 5.74) is 2.01. The molecule has 0 radical (unpaired) electrons. The Balaban J connectivity index is 1.21. The number of alkyl halides is 1. The third kappa shape index (κ3) is 4.38. The zero-order chi connectivity index (χ0) is 22.1. The molecule has 1 unspecified atom stereocenters. The number of phenolic OH excluding ortho intramolecular Hbond substituents is 1. The summed E-state index contributed by atoms with van der Waals surface area (Å²) >= 11 is 0. The van der Waals surface area contributed by atoms with Gasteiger partial charge in [0.1, 0.15) is 23.3 Å². The molecule has 2 aliphatic rings. The zero-order valence-corrected chi connectivity index (χ0v) is 17.8. The van der Waals surface area contributed by atoms with E-state index >= 15 is 0 Å². The molecule has 2 aromatic heterocycles. The molecule has 9 heteroatoms. The molecular weight excluding hydrogens is 411 g/mol. The summed E-state index contributed by atoms with van der Waals surface area (Å²) in [4.78, 5) is 21.8. The van der Waals surface area contributed by atoms with Crippen molar-refractivity contribution in [1.29, 1.82) is 0 Å². The number of nitrogens with zero attached hydrogens (tertiary/aromatic N) is 5. The summed E-state index contributed by atoms with van der Waals surface area (Å²) in [6.07, 6.45) is 4.69. The number of hydrogen-bond donors (Lipinski definition) is 2. The molecule has 1 aromatic carbocycles. The summed E-state index contributed by atoms with van der Waals surface area (Å²) in [5.74, 6) is 0.775. The highest BCUT2D eigenvalue weighted by Gasteiger charge is 2.25. The van der Waals surface area contributed by atoms with Gasteiger partial charge in [0.2, 0.25) is 0 Å². The first-order chi connectivity index (χ1) is 15.5. The van der Waals surface area contributed by atoms with Gasteiger partial charge in [0, 0.05) is 38.4 Å². The number of hydrogen-bond acceptors (Lipinski definition) is 6. The van der Waals surface area contributed by atoms with Crippen molar-refractivity contribution in [2.75, 3.05) is 31.1 Å². The maximum absolute atomic E-state index is 13.6. The fraction of sp³-hybridized carbons (Fsp3) is 0.435. The summed E-state index contributed by atoms with van der Waals surface area (Å²) in [7, 11) is 0. The van der Waals surface area contributed by atoms with Gasteiger partial charge in [0.25, 0.3) is 5.91 Å². The average Bonchev–Trinajstić information content (AvgIpc) is 3.41. The molecule has 0 bridgehead atoms. The van der Waals surface area contributed by atoms with Gasteiger partial charge in [-0.15, -0.1) is 0 Å². The van der Waals surface area contributed by atoms with Gasteiger partial charge in [-0.2, -0.15) is 5.10 Å². The minimum atomic E-state index is -0.834. The van der Waals surface area contributed by atoms with Crippen LogP contribution in [0.2, 0.25) is 0 Å². The molecule has 32 heavy (non-hydrogen) atoms. The van der Waals surface area contributed by atoms with Crippen LogP contribution in [0.5, 0.6) is 5.75 Å². The molecule has 4 heterocycles. The fourth-order valence-corrected chi connectivity index (χ4v) is 4.53. The summed E-state index contributed by atoms with van der Waals surface area (Å²) in [6.45, 7) is 3.49. The Morgan fingerprint density at radius 3 is 2.78 bits per heavy atom. The molecule has 0 spiro atoms. The first-order valence-corrected chi connectivity index (χ1v) is 11.1. The predicted octanol–water partition coefficient (Wildman–Crippen LogP) is 2.38. The second-order valence-corrected chi connectivity index (χ2v) is 8.64. The molecule has 8 nitrogen and oxygen atoms in total. The van der Waals surface area contributed by atoms with Crippen molar-refractivity contribution in [3.8, 4) is 5.75 Å². The van der Waals surface area contributed by atoms with E-state index in [-0.39, 0.29) is 17.7 Å². The summed E-state index contributed by atoms with van der Waals surface area (Å²) in [5, 5.41) is 17.0. The van der Waals surface area contributed by atoms with Crippen molar-refractivity contribution >= 4 is 17.4 Å². The molecular formula is C23H27FN6O2. The monoisotopic (exact) mass is 438 g/mol. The smallest absolute Gasteiger partial charge is 0.256 e. The van der Waals surface area contributed by atoms with E-state index in [4.69, 9.17) is 0 Å². The van der Waals surface area contributed by atoms with Gasteiger partial charge in [0.15, 0.2) is 5.65 Å². The summed E-state index contributed by atoms with van der Waals surface area (Å²) < 4.78 is 15.2. The van der Waals surface area contributed by atoms with Crippen molar-refractivity contribution in [3.63, 3.8) is 0 Å². The number of fused-ring (bicyclic) bond motifs is 1. The number of rotatable bonds is 5. The van der Waals surface area contributed by atoms with Gasteiger partial charge in [0.05, 0.1) is 12.7 Å². The number of phenols is 1. The SMILES string of the molecule is O=C(NC1CCN(Cc2cccc(O)c2)CC1)c1cnn2ccc(N3CCC(F)C3)nc12.